The first-order valence-electron chi connectivity index (χ1n) is 8.79. The fourth-order valence-corrected chi connectivity index (χ4v) is 3.46. The van der Waals surface area contributed by atoms with E-state index in [4.69, 9.17) is 0 Å². The molecule has 0 aromatic carbocycles. The van der Waals surface area contributed by atoms with E-state index in [9.17, 15) is 4.79 Å². The summed E-state index contributed by atoms with van der Waals surface area (Å²) in [6.45, 7) is 6.52. The molecule has 0 aliphatic carbocycles. The average Bonchev–Trinajstić information content (AvgIpc) is 3.25. The molecule has 3 heterocycles. The molecule has 0 saturated carbocycles. The Balaban J connectivity index is 1.58. The highest BCUT2D eigenvalue weighted by atomic mass is 16.2. The molecule has 1 amide bonds. The molecule has 1 saturated heterocycles. The number of hydrogen-bond acceptors (Lipinski definition) is 3. The quantitative estimate of drug-likeness (QED) is 0.813. The maximum Gasteiger partial charge on any atom is 0.222 e. The van der Waals surface area contributed by atoms with Gasteiger partial charge in [0.05, 0.1) is 6.04 Å². The van der Waals surface area contributed by atoms with E-state index in [1.54, 1.807) is 0 Å². The van der Waals surface area contributed by atoms with Crippen molar-refractivity contribution in [1.29, 1.82) is 0 Å². The van der Waals surface area contributed by atoms with Crippen molar-refractivity contribution in [3.8, 4) is 0 Å². The summed E-state index contributed by atoms with van der Waals surface area (Å²) >= 11 is 0. The lowest BCUT2D eigenvalue weighted by atomic mass is 10.1. The second-order valence-electron chi connectivity index (χ2n) is 6.40. The van der Waals surface area contributed by atoms with Crippen LogP contribution >= 0.6 is 0 Å². The van der Waals surface area contributed by atoms with Gasteiger partial charge in [-0.05, 0) is 25.1 Å². The predicted molar refractivity (Wildman–Crippen MR) is 93.4 cm³/mol. The fraction of sp³-hybridized carbons (Fsp3) is 0.556. The van der Waals surface area contributed by atoms with Gasteiger partial charge < -0.3 is 14.0 Å². The van der Waals surface area contributed by atoms with Crippen molar-refractivity contribution in [3.63, 3.8) is 0 Å². The van der Waals surface area contributed by atoms with Crippen molar-refractivity contribution in [2.75, 3.05) is 26.2 Å². The number of carbonyl (C=O) groups excluding carboxylic acids is 1. The number of rotatable bonds is 6. The molecule has 6 heteroatoms. The van der Waals surface area contributed by atoms with Gasteiger partial charge in [0.1, 0.15) is 5.82 Å². The number of aromatic nitrogens is 3. The molecule has 1 aliphatic heterocycles. The lowest BCUT2D eigenvalue weighted by Gasteiger charge is -2.40. The van der Waals surface area contributed by atoms with Crippen LogP contribution < -0.4 is 0 Å². The third-order valence-corrected chi connectivity index (χ3v) is 4.88. The molecule has 0 N–H and O–H groups in total. The number of carbonyl (C=O) groups is 1. The number of imidazole rings is 1. The van der Waals surface area contributed by atoms with Crippen LogP contribution in [0.4, 0.5) is 0 Å². The van der Waals surface area contributed by atoms with Crippen LogP contribution in [0.1, 0.15) is 31.6 Å². The van der Waals surface area contributed by atoms with Crippen molar-refractivity contribution in [1.82, 2.24) is 23.9 Å². The summed E-state index contributed by atoms with van der Waals surface area (Å²) in [6, 6.07) is 4.23. The van der Waals surface area contributed by atoms with Crippen LogP contribution in [0.15, 0.2) is 36.9 Å². The Labute approximate surface area is 143 Å². The molecule has 6 nitrogen and oxygen atoms in total. The van der Waals surface area contributed by atoms with Crippen LogP contribution in [0.25, 0.3) is 0 Å². The minimum Gasteiger partial charge on any atom is -0.354 e. The van der Waals surface area contributed by atoms with Gasteiger partial charge >= 0.3 is 0 Å². The van der Waals surface area contributed by atoms with Gasteiger partial charge in [0.25, 0.3) is 0 Å². The topological polar surface area (TPSA) is 46.3 Å². The average molecular weight is 329 g/mol. The van der Waals surface area contributed by atoms with Crippen molar-refractivity contribution in [3.05, 3.63) is 42.7 Å². The predicted octanol–water partition coefficient (Wildman–Crippen LogP) is 1.91. The molecule has 0 radical (unpaired) electrons. The molecule has 3 rings (SSSR count). The maximum absolute atomic E-state index is 12.6. The monoisotopic (exact) mass is 329 g/mol. The number of amides is 1. The SMILES string of the molecule is CCN1CCN(C(=O)CCCn2cccc2)C[C@@H]1c1nccn1C. The Morgan fingerprint density at radius 1 is 1.25 bits per heavy atom. The minimum atomic E-state index is 0.192. The maximum atomic E-state index is 12.6. The molecule has 0 spiro atoms. The zero-order chi connectivity index (χ0) is 16.9. The molecule has 2 aromatic heterocycles. The van der Waals surface area contributed by atoms with Gasteiger partial charge in [0.15, 0.2) is 0 Å². The zero-order valence-corrected chi connectivity index (χ0v) is 14.6. The first-order valence-corrected chi connectivity index (χ1v) is 8.79. The molecular formula is C18H27N5O. The summed E-state index contributed by atoms with van der Waals surface area (Å²) in [6.07, 6.45) is 9.39. The van der Waals surface area contributed by atoms with Crippen LogP contribution in [0.3, 0.4) is 0 Å². The number of aryl methyl sites for hydroxylation is 2. The summed E-state index contributed by atoms with van der Waals surface area (Å²) < 4.78 is 4.19. The largest absolute Gasteiger partial charge is 0.354 e. The fourth-order valence-electron chi connectivity index (χ4n) is 3.46. The van der Waals surface area contributed by atoms with Crippen molar-refractivity contribution in [2.45, 2.75) is 32.4 Å². The highest BCUT2D eigenvalue weighted by molar-refractivity contribution is 5.76. The van der Waals surface area contributed by atoms with Crippen LogP contribution in [0.5, 0.6) is 0 Å². The Morgan fingerprint density at radius 3 is 2.71 bits per heavy atom. The van der Waals surface area contributed by atoms with Gasteiger partial charge in [-0.2, -0.15) is 0 Å². The zero-order valence-electron chi connectivity index (χ0n) is 14.6. The van der Waals surface area contributed by atoms with E-state index < -0.39 is 0 Å². The molecule has 2 aromatic rings. The highest BCUT2D eigenvalue weighted by Crippen LogP contribution is 2.24. The number of likely N-dealkylation sites (N-methyl/N-ethyl adjacent to an activating group) is 1. The Morgan fingerprint density at radius 2 is 2.04 bits per heavy atom. The first kappa shape index (κ1) is 16.8. The smallest absolute Gasteiger partial charge is 0.222 e. The third kappa shape index (κ3) is 3.70. The van der Waals surface area contributed by atoms with Gasteiger partial charge in [-0.25, -0.2) is 4.98 Å². The molecular weight excluding hydrogens is 302 g/mol. The number of nitrogens with zero attached hydrogens (tertiary/aromatic N) is 5. The number of hydrogen-bond donors (Lipinski definition) is 0. The summed E-state index contributed by atoms with van der Waals surface area (Å²) in [5.41, 5.74) is 0. The van der Waals surface area contributed by atoms with E-state index in [2.05, 4.69) is 25.9 Å². The van der Waals surface area contributed by atoms with Gasteiger partial charge in [-0.3, -0.25) is 9.69 Å². The van der Waals surface area contributed by atoms with E-state index in [0.29, 0.717) is 6.42 Å². The summed E-state index contributed by atoms with van der Waals surface area (Å²) in [5.74, 6) is 1.30. The van der Waals surface area contributed by atoms with Gasteiger partial charge in [0.2, 0.25) is 5.91 Å². The molecule has 0 bridgehead atoms. The molecule has 0 unspecified atom stereocenters. The molecule has 130 valence electrons. The third-order valence-electron chi connectivity index (χ3n) is 4.88. The van der Waals surface area contributed by atoms with Crippen LogP contribution in [-0.4, -0.2) is 56.0 Å². The molecule has 1 aliphatic rings. The Bertz CT molecular complexity index is 648. The van der Waals surface area contributed by atoms with Crippen LogP contribution in [0, 0.1) is 0 Å². The summed E-state index contributed by atoms with van der Waals surface area (Å²) in [7, 11) is 2.02. The first-order chi connectivity index (χ1) is 11.7. The van der Waals surface area contributed by atoms with Gasteiger partial charge in [-0.15, -0.1) is 0 Å². The number of piperazine rings is 1. The second kappa shape index (κ2) is 7.66. The van der Waals surface area contributed by atoms with Gasteiger partial charge in [-0.1, -0.05) is 6.92 Å². The van der Waals surface area contributed by atoms with Crippen molar-refractivity contribution in [2.24, 2.45) is 7.05 Å². The van der Waals surface area contributed by atoms with Crippen LogP contribution in [0.2, 0.25) is 0 Å². The molecule has 24 heavy (non-hydrogen) atoms. The van der Waals surface area contributed by atoms with Crippen LogP contribution in [-0.2, 0) is 18.4 Å². The van der Waals surface area contributed by atoms with E-state index in [1.807, 2.05) is 48.9 Å². The minimum absolute atomic E-state index is 0.192. The van der Waals surface area contributed by atoms with E-state index in [-0.39, 0.29) is 11.9 Å². The standard InChI is InChI=1S/C18H27N5O/c1-3-22-13-14-23(15-16(22)18-19-8-12-20(18)2)17(24)7-6-11-21-9-4-5-10-21/h4-5,8-10,12,16H,3,6-7,11,13-15H2,1-2H3/t16-/m1/s1. The van der Waals surface area contributed by atoms with E-state index in [0.717, 1.165) is 45.0 Å². The van der Waals surface area contributed by atoms with Crippen molar-refractivity contribution >= 4 is 5.91 Å². The van der Waals surface area contributed by atoms with Crippen molar-refractivity contribution < 1.29 is 4.79 Å². The lowest BCUT2D eigenvalue weighted by molar-refractivity contribution is -0.134. The van der Waals surface area contributed by atoms with Gasteiger partial charge in [0, 0.05) is 64.4 Å². The Kier molecular flexibility index (Phi) is 5.35. The molecule has 1 fully saturated rings. The van der Waals surface area contributed by atoms with E-state index in [1.165, 1.54) is 0 Å². The summed E-state index contributed by atoms with van der Waals surface area (Å²) in [5, 5.41) is 0. The normalized spacial score (nSPS) is 18.9. The molecule has 1 atom stereocenters. The van der Waals surface area contributed by atoms with E-state index >= 15 is 0 Å². The highest BCUT2D eigenvalue weighted by Gasteiger charge is 2.31. The lowest BCUT2D eigenvalue weighted by Crippen LogP contribution is -2.50. The Hall–Kier alpha value is -2.08. The second-order valence-corrected chi connectivity index (χ2v) is 6.40. The summed E-state index contributed by atoms with van der Waals surface area (Å²) in [4.78, 5) is 21.5.